The fraction of sp³-hybridized carbons (Fsp3) is 0.412. The molecule has 3 heterocycles. The number of nitrogen functional groups attached to an aromatic ring is 1. The molecule has 1 aromatic carbocycles. The first kappa shape index (κ1) is 13.5. The number of nitrogens with two attached hydrogens (primary N) is 1. The standard InChI is InChI=1S/C17H20N4O/c18-17-14(10-7-11-5-6-12(8-10)19-11)9-15(20-21-17)13-3-1-2-4-16(13)22/h1-4,9-12,19,22H,5-8H2,(H2,18,21)/t10?,11-,12+. The summed E-state index contributed by atoms with van der Waals surface area (Å²) in [4.78, 5) is 0. The molecular formula is C17H20N4O. The van der Waals surface area contributed by atoms with Crippen LogP contribution in [-0.4, -0.2) is 27.4 Å². The van der Waals surface area contributed by atoms with Crippen LogP contribution in [0.5, 0.6) is 5.75 Å². The summed E-state index contributed by atoms with van der Waals surface area (Å²) in [6.07, 6.45) is 4.72. The second-order valence-electron chi connectivity index (χ2n) is 6.39. The molecule has 0 radical (unpaired) electrons. The van der Waals surface area contributed by atoms with Crippen LogP contribution in [0.3, 0.4) is 0 Å². The van der Waals surface area contributed by atoms with E-state index in [1.165, 1.54) is 12.8 Å². The van der Waals surface area contributed by atoms with Gasteiger partial charge in [0.05, 0.1) is 5.69 Å². The van der Waals surface area contributed by atoms with Crippen molar-refractivity contribution < 1.29 is 5.11 Å². The van der Waals surface area contributed by atoms with Crippen LogP contribution in [0.2, 0.25) is 0 Å². The number of nitrogens with zero attached hydrogens (tertiary/aromatic N) is 2. The molecule has 4 N–H and O–H groups in total. The smallest absolute Gasteiger partial charge is 0.149 e. The van der Waals surface area contributed by atoms with Gasteiger partial charge in [0.25, 0.3) is 0 Å². The molecule has 0 aliphatic carbocycles. The first-order valence-corrected chi connectivity index (χ1v) is 7.88. The maximum Gasteiger partial charge on any atom is 0.149 e. The van der Waals surface area contributed by atoms with Crippen LogP contribution in [-0.2, 0) is 0 Å². The molecule has 0 spiro atoms. The van der Waals surface area contributed by atoms with E-state index in [0.717, 1.165) is 18.4 Å². The van der Waals surface area contributed by atoms with Gasteiger partial charge in [-0.2, -0.15) is 0 Å². The molecule has 0 amide bonds. The zero-order valence-corrected chi connectivity index (χ0v) is 12.4. The Hall–Kier alpha value is -2.14. The number of nitrogens with one attached hydrogen (secondary N) is 1. The highest BCUT2D eigenvalue weighted by Crippen LogP contribution is 2.40. The Morgan fingerprint density at radius 2 is 1.82 bits per heavy atom. The Bertz CT molecular complexity index is 691. The Morgan fingerprint density at radius 1 is 1.09 bits per heavy atom. The lowest BCUT2D eigenvalue weighted by molar-refractivity contribution is 0.363. The minimum absolute atomic E-state index is 0.220. The average Bonchev–Trinajstić information content (AvgIpc) is 2.87. The number of anilines is 1. The molecule has 4 rings (SSSR count). The topological polar surface area (TPSA) is 84.1 Å². The molecule has 2 aliphatic rings. The van der Waals surface area contributed by atoms with Crippen LogP contribution in [0.4, 0.5) is 5.82 Å². The molecule has 2 fully saturated rings. The third kappa shape index (κ3) is 2.31. The van der Waals surface area contributed by atoms with E-state index in [0.29, 0.717) is 35.1 Å². The summed E-state index contributed by atoms with van der Waals surface area (Å²) >= 11 is 0. The van der Waals surface area contributed by atoms with Crippen LogP contribution in [0, 0.1) is 0 Å². The fourth-order valence-corrected chi connectivity index (χ4v) is 3.88. The molecule has 114 valence electrons. The molecule has 2 bridgehead atoms. The molecule has 3 atom stereocenters. The summed E-state index contributed by atoms with van der Waals surface area (Å²) in [7, 11) is 0. The van der Waals surface area contributed by atoms with E-state index in [1.807, 2.05) is 18.2 Å². The summed E-state index contributed by atoms with van der Waals surface area (Å²) in [5.41, 5.74) is 8.56. The minimum Gasteiger partial charge on any atom is -0.507 e. The number of phenols is 1. The fourth-order valence-electron chi connectivity index (χ4n) is 3.88. The number of aromatic nitrogens is 2. The normalized spacial score (nSPS) is 27.0. The average molecular weight is 296 g/mol. The summed E-state index contributed by atoms with van der Waals surface area (Å²) in [6.45, 7) is 0. The number of para-hydroxylation sites is 1. The van der Waals surface area contributed by atoms with Crippen molar-refractivity contribution in [2.75, 3.05) is 5.73 Å². The lowest BCUT2D eigenvalue weighted by Crippen LogP contribution is -2.37. The van der Waals surface area contributed by atoms with Gasteiger partial charge in [0.1, 0.15) is 11.6 Å². The van der Waals surface area contributed by atoms with E-state index >= 15 is 0 Å². The molecule has 1 unspecified atom stereocenters. The maximum absolute atomic E-state index is 10.0. The molecular weight excluding hydrogens is 276 g/mol. The Balaban J connectivity index is 1.71. The van der Waals surface area contributed by atoms with Crippen molar-refractivity contribution in [2.45, 2.75) is 43.7 Å². The van der Waals surface area contributed by atoms with Gasteiger partial charge in [0.15, 0.2) is 0 Å². The van der Waals surface area contributed by atoms with Crippen LogP contribution in [0.1, 0.15) is 37.2 Å². The number of hydrogen-bond acceptors (Lipinski definition) is 5. The lowest BCUT2D eigenvalue weighted by Gasteiger charge is -2.29. The van der Waals surface area contributed by atoms with Crippen LogP contribution in [0.25, 0.3) is 11.3 Å². The van der Waals surface area contributed by atoms with Crippen LogP contribution < -0.4 is 11.1 Å². The zero-order valence-electron chi connectivity index (χ0n) is 12.4. The molecule has 5 heteroatoms. The first-order valence-electron chi connectivity index (χ1n) is 7.88. The van der Waals surface area contributed by atoms with Gasteiger partial charge in [-0.1, -0.05) is 12.1 Å². The van der Waals surface area contributed by atoms with Crippen molar-refractivity contribution in [3.05, 3.63) is 35.9 Å². The van der Waals surface area contributed by atoms with E-state index < -0.39 is 0 Å². The monoisotopic (exact) mass is 296 g/mol. The van der Waals surface area contributed by atoms with Crippen molar-refractivity contribution in [2.24, 2.45) is 0 Å². The van der Waals surface area contributed by atoms with Crippen molar-refractivity contribution >= 4 is 5.82 Å². The van der Waals surface area contributed by atoms with Gasteiger partial charge < -0.3 is 16.2 Å². The maximum atomic E-state index is 10.0. The van der Waals surface area contributed by atoms with Gasteiger partial charge in [-0.15, -0.1) is 10.2 Å². The Morgan fingerprint density at radius 3 is 2.55 bits per heavy atom. The van der Waals surface area contributed by atoms with E-state index in [4.69, 9.17) is 5.73 Å². The van der Waals surface area contributed by atoms with Crippen molar-refractivity contribution in [3.8, 4) is 17.0 Å². The van der Waals surface area contributed by atoms with Gasteiger partial charge in [-0.25, -0.2) is 0 Å². The van der Waals surface area contributed by atoms with Gasteiger partial charge in [0.2, 0.25) is 0 Å². The highest BCUT2D eigenvalue weighted by molar-refractivity contribution is 5.68. The Kier molecular flexibility index (Phi) is 3.22. The summed E-state index contributed by atoms with van der Waals surface area (Å²) in [6, 6.07) is 10.4. The molecule has 0 saturated carbocycles. The van der Waals surface area contributed by atoms with E-state index in [9.17, 15) is 5.11 Å². The van der Waals surface area contributed by atoms with Gasteiger partial charge in [-0.3, -0.25) is 0 Å². The third-order valence-electron chi connectivity index (χ3n) is 4.95. The van der Waals surface area contributed by atoms with Gasteiger partial charge in [-0.05, 0) is 49.8 Å². The number of hydrogen-bond donors (Lipinski definition) is 3. The zero-order chi connectivity index (χ0) is 15.1. The van der Waals surface area contributed by atoms with Gasteiger partial charge in [0, 0.05) is 23.2 Å². The largest absolute Gasteiger partial charge is 0.507 e. The van der Waals surface area contributed by atoms with Crippen molar-refractivity contribution in [1.29, 1.82) is 0 Å². The first-order chi connectivity index (χ1) is 10.7. The third-order valence-corrected chi connectivity index (χ3v) is 4.95. The SMILES string of the molecule is Nc1nnc(-c2ccccc2O)cc1C1C[C@H]2CC[C@@H](C1)N2. The van der Waals surface area contributed by atoms with Crippen molar-refractivity contribution in [1.82, 2.24) is 15.5 Å². The predicted octanol–water partition coefficient (Wildman–Crippen LogP) is 2.43. The number of aromatic hydroxyl groups is 1. The lowest BCUT2D eigenvalue weighted by atomic mass is 9.86. The van der Waals surface area contributed by atoms with Crippen LogP contribution in [0.15, 0.2) is 30.3 Å². The number of benzene rings is 1. The van der Waals surface area contributed by atoms with E-state index in [2.05, 4.69) is 15.5 Å². The second-order valence-corrected chi connectivity index (χ2v) is 6.39. The summed E-state index contributed by atoms with van der Waals surface area (Å²) in [5.74, 6) is 1.17. The van der Waals surface area contributed by atoms with E-state index in [1.54, 1.807) is 12.1 Å². The Labute approximate surface area is 129 Å². The number of piperidine rings is 1. The number of rotatable bonds is 2. The summed E-state index contributed by atoms with van der Waals surface area (Å²) in [5, 5.41) is 22.0. The molecule has 5 nitrogen and oxygen atoms in total. The minimum atomic E-state index is 0.220. The number of fused-ring (bicyclic) bond motifs is 2. The van der Waals surface area contributed by atoms with E-state index in [-0.39, 0.29) is 5.75 Å². The molecule has 22 heavy (non-hydrogen) atoms. The highest BCUT2D eigenvalue weighted by atomic mass is 16.3. The molecule has 2 aromatic rings. The molecule has 2 aliphatic heterocycles. The second kappa shape index (κ2) is 5.25. The molecule has 1 aromatic heterocycles. The van der Waals surface area contributed by atoms with Crippen molar-refractivity contribution in [3.63, 3.8) is 0 Å². The highest BCUT2D eigenvalue weighted by Gasteiger charge is 2.35. The van der Waals surface area contributed by atoms with Crippen LogP contribution >= 0.6 is 0 Å². The van der Waals surface area contributed by atoms with Gasteiger partial charge >= 0.3 is 0 Å². The molecule has 2 saturated heterocycles. The summed E-state index contributed by atoms with van der Waals surface area (Å²) < 4.78 is 0. The predicted molar refractivity (Wildman–Crippen MR) is 85.5 cm³/mol. The number of phenolic OH excluding ortho intramolecular Hbond substituents is 1. The quantitative estimate of drug-likeness (QED) is 0.792.